The summed E-state index contributed by atoms with van der Waals surface area (Å²) in [5.41, 5.74) is 5.43. The second-order valence-electron chi connectivity index (χ2n) is 5.18. The minimum absolute atomic E-state index is 0. The van der Waals surface area contributed by atoms with E-state index in [1.807, 2.05) is 17.5 Å². The van der Waals surface area contributed by atoms with E-state index in [1.165, 1.54) is 23.1 Å². The molecule has 0 bridgehead atoms. The number of nitrogens with two attached hydrogens (primary N) is 1. The van der Waals surface area contributed by atoms with Crippen LogP contribution in [0, 0.1) is 10.1 Å². The predicted molar refractivity (Wildman–Crippen MR) is 116 cm³/mol. The zero-order valence-corrected chi connectivity index (χ0v) is 18.2. The van der Waals surface area contributed by atoms with E-state index in [1.54, 1.807) is 11.3 Å². The van der Waals surface area contributed by atoms with Crippen LogP contribution in [0.1, 0.15) is 4.88 Å². The van der Waals surface area contributed by atoms with Crippen molar-refractivity contribution in [1.82, 2.24) is 10.0 Å². The molecule has 0 spiro atoms. The lowest BCUT2D eigenvalue weighted by Gasteiger charge is -2.07. The maximum Gasteiger partial charge on any atom is 0.270 e. The van der Waals surface area contributed by atoms with Gasteiger partial charge >= 0.3 is 0 Å². The average molecular weight is 525 g/mol. The number of sulfonamides is 1. The number of nitrogens with one attached hydrogen (secondary N) is 2. The Kier molecular flexibility index (Phi) is 9.62. The highest BCUT2D eigenvalue weighted by Gasteiger charge is 2.16. The van der Waals surface area contributed by atoms with Crippen molar-refractivity contribution in [2.75, 3.05) is 19.6 Å². The van der Waals surface area contributed by atoms with E-state index >= 15 is 0 Å². The molecule has 27 heavy (non-hydrogen) atoms. The van der Waals surface area contributed by atoms with Gasteiger partial charge in [0.05, 0.1) is 16.4 Å². The van der Waals surface area contributed by atoms with Crippen molar-refractivity contribution in [3.05, 3.63) is 56.8 Å². The lowest BCUT2D eigenvalue weighted by Crippen LogP contribution is -2.34. The van der Waals surface area contributed by atoms with E-state index in [4.69, 9.17) is 5.73 Å². The van der Waals surface area contributed by atoms with Gasteiger partial charge in [0, 0.05) is 30.1 Å². The van der Waals surface area contributed by atoms with Gasteiger partial charge in [-0.05, 0) is 23.9 Å². The number of nitrogens with zero attached hydrogens (tertiary/aromatic N) is 2. The van der Waals surface area contributed by atoms with Crippen molar-refractivity contribution in [3.63, 3.8) is 0 Å². The van der Waals surface area contributed by atoms with E-state index in [-0.39, 0.29) is 53.6 Å². The summed E-state index contributed by atoms with van der Waals surface area (Å²) in [4.78, 5) is 15.2. The van der Waals surface area contributed by atoms with Gasteiger partial charge in [0.1, 0.15) is 0 Å². The Balaban J connectivity index is 0.00000364. The van der Waals surface area contributed by atoms with E-state index in [2.05, 4.69) is 15.0 Å². The van der Waals surface area contributed by atoms with E-state index in [9.17, 15) is 18.5 Å². The largest absolute Gasteiger partial charge is 0.370 e. The van der Waals surface area contributed by atoms with Gasteiger partial charge in [0.25, 0.3) is 5.69 Å². The Morgan fingerprint density at radius 2 is 2.04 bits per heavy atom. The molecule has 0 amide bonds. The molecule has 0 aliphatic carbocycles. The van der Waals surface area contributed by atoms with Gasteiger partial charge < -0.3 is 11.1 Å². The quantitative estimate of drug-likeness (QED) is 0.114. The van der Waals surface area contributed by atoms with Crippen LogP contribution in [0.4, 0.5) is 5.69 Å². The molecule has 0 saturated carbocycles. The summed E-state index contributed by atoms with van der Waals surface area (Å²) < 4.78 is 26.6. The first-order valence-corrected chi connectivity index (χ1v) is 10.0. The monoisotopic (exact) mass is 525 g/mol. The fourth-order valence-electron chi connectivity index (χ4n) is 2.03. The number of non-ortho nitro benzene ring substituents is 1. The number of guanidine groups is 1. The van der Waals surface area contributed by atoms with Crippen molar-refractivity contribution in [2.45, 2.75) is 11.3 Å². The third-order valence-corrected chi connectivity index (χ3v) is 5.68. The van der Waals surface area contributed by atoms with Crippen LogP contribution in [-0.4, -0.2) is 38.9 Å². The molecule has 0 radical (unpaired) electrons. The highest BCUT2D eigenvalue weighted by Crippen LogP contribution is 2.16. The molecule has 4 N–H and O–H groups in total. The number of nitro benzene ring substituents is 1. The van der Waals surface area contributed by atoms with Gasteiger partial charge in [-0.2, -0.15) is 0 Å². The Hall–Kier alpha value is -1.77. The number of hydrogen-bond donors (Lipinski definition) is 3. The molecule has 2 rings (SSSR count). The Labute approximate surface area is 178 Å². The second kappa shape index (κ2) is 11.2. The molecule has 0 unspecified atom stereocenters. The fraction of sp³-hybridized carbons (Fsp3) is 0.267. The number of benzene rings is 1. The molecule has 12 heteroatoms. The van der Waals surface area contributed by atoms with Crippen LogP contribution in [0.3, 0.4) is 0 Å². The minimum Gasteiger partial charge on any atom is -0.370 e. The summed E-state index contributed by atoms with van der Waals surface area (Å²) in [6.45, 7) is 0.805. The van der Waals surface area contributed by atoms with Gasteiger partial charge in [-0.25, -0.2) is 13.1 Å². The highest BCUT2D eigenvalue weighted by molar-refractivity contribution is 14.0. The van der Waals surface area contributed by atoms with Crippen LogP contribution in [0.5, 0.6) is 0 Å². The fourth-order valence-corrected chi connectivity index (χ4v) is 3.80. The highest BCUT2D eigenvalue weighted by atomic mass is 127. The second-order valence-corrected chi connectivity index (χ2v) is 7.97. The Bertz CT molecular complexity index is 872. The zero-order chi connectivity index (χ0) is 19.0. The van der Waals surface area contributed by atoms with Crippen molar-refractivity contribution in [1.29, 1.82) is 0 Å². The lowest BCUT2D eigenvalue weighted by molar-refractivity contribution is -0.385. The maximum atomic E-state index is 12.1. The van der Waals surface area contributed by atoms with Gasteiger partial charge in [-0.15, -0.1) is 35.3 Å². The molecular weight excluding hydrogens is 505 g/mol. The van der Waals surface area contributed by atoms with Crippen molar-refractivity contribution < 1.29 is 13.3 Å². The molecule has 9 nitrogen and oxygen atoms in total. The molecule has 0 saturated heterocycles. The number of halogens is 1. The van der Waals surface area contributed by atoms with Gasteiger partial charge in [0.2, 0.25) is 10.0 Å². The summed E-state index contributed by atoms with van der Waals surface area (Å²) in [5.74, 6) is 0.233. The van der Waals surface area contributed by atoms with E-state index in [0.717, 1.165) is 12.5 Å². The van der Waals surface area contributed by atoms with E-state index < -0.39 is 14.9 Å². The average Bonchev–Trinajstić information content (AvgIpc) is 3.12. The topological polar surface area (TPSA) is 140 Å². The lowest BCUT2D eigenvalue weighted by atomic mass is 10.3. The number of nitro groups is 1. The van der Waals surface area contributed by atoms with Crippen molar-refractivity contribution >= 4 is 57.0 Å². The molecule has 1 aromatic carbocycles. The molecule has 148 valence electrons. The van der Waals surface area contributed by atoms with Gasteiger partial charge in [-0.1, -0.05) is 12.1 Å². The number of thiophene rings is 1. The first-order chi connectivity index (χ1) is 12.4. The molecule has 1 aromatic heterocycles. The maximum absolute atomic E-state index is 12.1. The minimum atomic E-state index is -3.84. The molecule has 0 aliphatic heterocycles. The Morgan fingerprint density at radius 3 is 2.70 bits per heavy atom. The molecule has 0 fully saturated rings. The van der Waals surface area contributed by atoms with Crippen LogP contribution in [0.2, 0.25) is 0 Å². The Morgan fingerprint density at radius 1 is 1.26 bits per heavy atom. The summed E-state index contributed by atoms with van der Waals surface area (Å²) in [5, 5.41) is 15.7. The third-order valence-electron chi connectivity index (χ3n) is 3.28. The smallest absolute Gasteiger partial charge is 0.270 e. The van der Waals surface area contributed by atoms with E-state index in [0.29, 0.717) is 6.54 Å². The molecule has 2 aromatic rings. The standard InChI is InChI=1S/C15H19N5O4S2.HI/c16-15(17-7-6-13-4-2-10-25-13)18-8-9-19-26(23,24)14-5-1-3-12(11-14)20(21)22;/h1-5,10-11,19H,6-9H2,(H3,16,17,18);1H. The normalized spacial score (nSPS) is 11.6. The molecule has 1 heterocycles. The first-order valence-electron chi connectivity index (χ1n) is 7.69. The third kappa shape index (κ3) is 7.78. The van der Waals surface area contributed by atoms with Crippen LogP contribution < -0.4 is 15.8 Å². The van der Waals surface area contributed by atoms with Gasteiger partial charge in [-0.3, -0.25) is 15.1 Å². The summed E-state index contributed by atoms with van der Waals surface area (Å²) in [6.07, 6.45) is 0.827. The number of hydrogen-bond acceptors (Lipinski definition) is 6. The molecule has 0 atom stereocenters. The molecule has 0 aliphatic rings. The summed E-state index contributed by atoms with van der Waals surface area (Å²) in [6, 6.07) is 8.85. The van der Waals surface area contributed by atoms with Crippen molar-refractivity contribution in [2.24, 2.45) is 10.7 Å². The predicted octanol–water partition coefficient (Wildman–Crippen LogP) is 1.70. The van der Waals surface area contributed by atoms with Crippen LogP contribution in [0.25, 0.3) is 0 Å². The van der Waals surface area contributed by atoms with Crippen LogP contribution >= 0.6 is 35.3 Å². The zero-order valence-electron chi connectivity index (χ0n) is 14.2. The van der Waals surface area contributed by atoms with Crippen LogP contribution in [-0.2, 0) is 16.4 Å². The van der Waals surface area contributed by atoms with Crippen molar-refractivity contribution in [3.8, 4) is 0 Å². The van der Waals surface area contributed by atoms with Gasteiger partial charge in [0.15, 0.2) is 5.96 Å². The summed E-state index contributed by atoms with van der Waals surface area (Å²) in [7, 11) is -3.84. The van der Waals surface area contributed by atoms with Crippen LogP contribution in [0.15, 0.2) is 51.7 Å². The summed E-state index contributed by atoms with van der Waals surface area (Å²) >= 11 is 1.66. The first kappa shape index (κ1) is 23.3. The number of aliphatic imine (C=N–C) groups is 1. The number of rotatable bonds is 9. The SMILES string of the molecule is I.NC(=NCCNS(=O)(=O)c1cccc([N+](=O)[O-])c1)NCCc1cccs1. The molecular formula is C15H20IN5O4S2.